The van der Waals surface area contributed by atoms with Gasteiger partial charge in [0.05, 0.1) is 0 Å². The van der Waals surface area contributed by atoms with Crippen molar-refractivity contribution in [1.82, 2.24) is 4.57 Å². The minimum atomic E-state index is -0.652. The van der Waals surface area contributed by atoms with E-state index in [0.717, 1.165) is 4.57 Å². The molecular formula is C11H9NO3. The highest BCUT2D eigenvalue weighted by Crippen LogP contribution is 2.14. The predicted octanol–water partition coefficient (Wildman–Crippen LogP) is 1.01. The molecule has 15 heavy (non-hydrogen) atoms. The average molecular weight is 203 g/mol. The monoisotopic (exact) mass is 203 g/mol. The molecule has 2 rings (SSSR count). The van der Waals surface area contributed by atoms with Crippen molar-refractivity contribution in [2.75, 3.05) is 0 Å². The highest BCUT2D eigenvalue weighted by Gasteiger charge is 2.04. The highest BCUT2D eigenvalue weighted by molar-refractivity contribution is 5.55. The molecule has 4 nitrogen and oxygen atoms in total. The van der Waals surface area contributed by atoms with Crippen molar-refractivity contribution >= 4 is 0 Å². The Morgan fingerprint density at radius 2 is 1.80 bits per heavy atom. The Balaban J connectivity index is 2.67. The van der Waals surface area contributed by atoms with Gasteiger partial charge in [0.25, 0.3) is 5.56 Å². The first kappa shape index (κ1) is 9.45. The van der Waals surface area contributed by atoms with E-state index in [2.05, 4.69) is 0 Å². The van der Waals surface area contributed by atoms with Crippen LogP contribution in [0.5, 0.6) is 0 Å². The molecule has 0 aliphatic rings. The smallest absolute Gasteiger partial charge is 0.409 e. The van der Waals surface area contributed by atoms with Gasteiger partial charge in [-0.25, -0.2) is 9.36 Å². The summed E-state index contributed by atoms with van der Waals surface area (Å²) in [6.45, 7) is 0. The average Bonchev–Trinajstić information content (AvgIpc) is 2.26. The predicted molar refractivity (Wildman–Crippen MR) is 55.7 cm³/mol. The molecule has 0 amide bonds. The van der Waals surface area contributed by atoms with Gasteiger partial charge >= 0.3 is 5.76 Å². The maximum atomic E-state index is 11.3. The van der Waals surface area contributed by atoms with Crippen molar-refractivity contribution in [3.8, 4) is 11.3 Å². The second-order valence-electron chi connectivity index (χ2n) is 3.14. The molecule has 0 N–H and O–H groups in total. The summed E-state index contributed by atoms with van der Waals surface area (Å²) in [6, 6.07) is 10.3. The van der Waals surface area contributed by atoms with E-state index in [1.807, 2.05) is 18.2 Å². The third-order valence-electron chi connectivity index (χ3n) is 2.11. The van der Waals surface area contributed by atoms with E-state index in [0.29, 0.717) is 11.3 Å². The number of rotatable bonds is 1. The zero-order valence-corrected chi connectivity index (χ0v) is 8.14. The molecule has 0 unspecified atom stereocenters. The van der Waals surface area contributed by atoms with Crippen LogP contribution in [0.1, 0.15) is 0 Å². The van der Waals surface area contributed by atoms with Crippen molar-refractivity contribution in [3.63, 3.8) is 0 Å². The molecule has 0 fully saturated rings. The summed E-state index contributed by atoms with van der Waals surface area (Å²) < 4.78 is 5.91. The molecule has 1 heterocycles. The van der Waals surface area contributed by atoms with E-state index >= 15 is 0 Å². The van der Waals surface area contributed by atoms with Crippen molar-refractivity contribution in [2.24, 2.45) is 7.05 Å². The number of nitrogens with zero attached hydrogens (tertiary/aromatic N) is 1. The number of hydrogen-bond acceptors (Lipinski definition) is 3. The van der Waals surface area contributed by atoms with Crippen molar-refractivity contribution < 1.29 is 4.42 Å². The molecule has 0 aliphatic heterocycles. The molecule has 1 aromatic carbocycles. The maximum Gasteiger partial charge on any atom is 0.422 e. The van der Waals surface area contributed by atoms with E-state index in [1.54, 1.807) is 12.1 Å². The Kier molecular flexibility index (Phi) is 2.25. The SMILES string of the molecule is Cn1c(=O)cc(-c2ccccc2)oc1=O. The van der Waals surface area contributed by atoms with Crippen LogP contribution in [0.4, 0.5) is 0 Å². The largest absolute Gasteiger partial charge is 0.422 e. The van der Waals surface area contributed by atoms with Gasteiger partial charge in [-0.3, -0.25) is 4.79 Å². The van der Waals surface area contributed by atoms with Crippen LogP contribution < -0.4 is 11.3 Å². The molecule has 0 atom stereocenters. The lowest BCUT2D eigenvalue weighted by molar-refractivity contribution is 0.455. The summed E-state index contributed by atoms with van der Waals surface area (Å²) in [5.74, 6) is -0.356. The zero-order chi connectivity index (χ0) is 10.8. The van der Waals surface area contributed by atoms with Gasteiger partial charge in [0.2, 0.25) is 0 Å². The van der Waals surface area contributed by atoms with Gasteiger partial charge in [0.1, 0.15) is 5.76 Å². The first-order valence-corrected chi connectivity index (χ1v) is 4.45. The summed E-state index contributed by atoms with van der Waals surface area (Å²) in [5, 5.41) is 0. The fraction of sp³-hybridized carbons (Fsp3) is 0.0909. The second-order valence-corrected chi connectivity index (χ2v) is 3.14. The summed E-state index contributed by atoms with van der Waals surface area (Å²) in [5.41, 5.74) is 0.345. The fourth-order valence-electron chi connectivity index (χ4n) is 1.24. The summed E-state index contributed by atoms with van der Waals surface area (Å²) in [6.07, 6.45) is 0. The number of hydrogen-bond donors (Lipinski definition) is 0. The van der Waals surface area contributed by atoms with E-state index in [1.165, 1.54) is 13.1 Å². The third kappa shape index (κ3) is 1.74. The van der Waals surface area contributed by atoms with Crippen LogP contribution in [0.15, 0.2) is 50.4 Å². The maximum absolute atomic E-state index is 11.3. The molecule has 76 valence electrons. The normalized spacial score (nSPS) is 10.2. The molecule has 0 radical (unpaired) electrons. The van der Waals surface area contributed by atoms with Crippen molar-refractivity contribution in [3.05, 3.63) is 57.3 Å². The lowest BCUT2D eigenvalue weighted by atomic mass is 10.2. The fourth-order valence-corrected chi connectivity index (χ4v) is 1.24. The second kappa shape index (κ2) is 3.57. The molecule has 1 aromatic heterocycles. The van der Waals surface area contributed by atoms with E-state index in [-0.39, 0.29) is 5.56 Å². The van der Waals surface area contributed by atoms with Gasteiger partial charge in [-0.2, -0.15) is 0 Å². The Labute approximate surface area is 85.4 Å². The molecule has 0 aliphatic carbocycles. The number of benzene rings is 1. The van der Waals surface area contributed by atoms with Crippen LogP contribution in [0.3, 0.4) is 0 Å². The summed E-state index contributed by atoms with van der Waals surface area (Å²) in [7, 11) is 1.38. The van der Waals surface area contributed by atoms with Crippen LogP contribution in [-0.4, -0.2) is 4.57 Å². The van der Waals surface area contributed by atoms with Gasteiger partial charge in [-0.05, 0) is 0 Å². The van der Waals surface area contributed by atoms with Crippen LogP contribution in [0.25, 0.3) is 11.3 Å². The first-order chi connectivity index (χ1) is 7.18. The van der Waals surface area contributed by atoms with Crippen LogP contribution in [0, 0.1) is 0 Å². The quantitative estimate of drug-likeness (QED) is 0.694. The standard InChI is InChI=1S/C11H9NO3/c1-12-10(13)7-9(15-11(12)14)8-5-3-2-4-6-8/h2-7H,1H3. The molecule has 0 bridgehead atoms. The number of aromatic nitrogens is 1. The minimum Gasteiger partial charge on any atom is -0.409 e. The van der Waals surface area contributed by atoms with Gasteiger partial charge in [0, 0.05) is 18.7 Å². The minimum absolute atomic E-state index is 0.295. The molecule has 0 spiro atoms. The lowest BCUT2D eigenvalue weighted by Crippen LogP contribution is -2.28. The topological polar surface area (TPSA) is 52.2 Å². The Morgan fingerprint density at radius 3 is 2.40 bits per heavy atom. The Morgan fingerprint density at radius 1 is 1.13 bits per heavy atom. The van der Waals surface area contributed by atoms with Gasteiger partial charge in [0.15, 0.2) is 0 Å². The van der Waals surface area contributed by atoms with Gasteiger partial charge < -0.3 is 4.42 Å². The van der Waals surface area contributed by atoms with Crippen LogP contribution in [0.2, 0.25) is 0 Å². The summed E-state index contributed by atoms with van der Waals surface area (Å²) in [4.78, 5) is 22.6. The van der Waals surface area contributed by atoms with Crippen molar-refractivity contribution in [2.45, 2.75) is 0 Å². The van der Waals surface area contributed by atoms with E-state index in [9.17, 15) is 9.59 Å². The van der Waals surface area contributed by atoms with Crippen LogP contribution >= 0.6 is 0 Å². The molecule has 0 saturated carbocycles. The zero-order valence-electron chi connectivity index (χ0n) is 8.14. The molecular weight excluding hydrogens is 194 g/mol. The van der Waals surface area contributed by atoms with Gasteiger partial charge in [-0.1, -0.05) is 30.3 Å². The molecule has 4 heteroatoms. The third-order valence-corrected chi connectivity index (χ3v) is 2.11. The first-order valence-electron chi connectivity index (χ1n) is 4.45. The lowest BCUT2D eigenvalue weighted by Gasteiger charge is -1.99. The Bertz CT molecular complexity index is 550. The summed E-state index contributed by atoms with van der Waals surface area (Å²) >= 11 is 0. The molecule has 0 saturated heterocycles. The van der Waals surface area contributed by atoms with Gasteiger partial charge in [-0.15, -0.1) is 0 Å². The van der Waals surface area contributed by atoms with Crippen molar-refractivity contribution in [1.29, 1.82) is 0 Å². The van der Waals surface area contributed by atoms with E-state index in [4.69, 9.17) is 4.42 Å². The Hall–Kier alpha value is -2.10. The van der Waals surface area contributed by atoms with Crippen LogP contribution in [-0.2, 0) is 7.05 Å². The molecule has 2 aromatic rings. The highest BCUT2D eigenvalue weighted by atomic mass is 16.4. The van der Waals surface area contributed by atoms with E-state index < -0.39 is 5.76 Å².